The van der Waals surface area contributed by atoms with Crippen LogP contribution in [0, 0.1) is 117 Å². The molecule has 1 saturated carbocycles. The third-order valence-electron chi connectivity index (χ3n) is 16.3. The average Bonchev–Trinajstić information content (AvgIpc) is 1.61. The van der Waals surface area contributed by atoms with Crippen molar-refractivity contribution in [2.75, 3.05) is 0 Å². The number of nitrogens with zero attached hydrogens (tertiary/aromatic N) is 8. The normalized spacial score (nSPS) is 11.6. The summed E-state index contributed by atoms with van der Waals surface area (Å²) in [4.78, 5) is 32.0. The Morgan fingerprint density at radius 2 is 0.981 bits per heavy atom. The van der Waals surface area contributed by atoms with Crippen molar-refractivity contribution in [2.24, 2.45) is 10.8 Å². The second-order valence-electron chi connectivity index (χ2n) is 29.5. The molecule has 1 aliphatic rings. The number of rotatable bonds is 10. The Kier molecular flexibility index (Phi) is 38.2. The van der Waals surface area contributed by atoms with Crippen LogP contribution in [0.15, 0.2) is 147 Å². The van der Waals surface area contributed by atoms with E-state index >= 15 is 0 Å². The second kappa shape index (κ2) is 43.2. The Balaban J connectivity index is 0.000000597. The molecule has 21 heteroatoms. The number of benzene rings is 5. The summed E-state index contributed by atoms with van der Waals surface area (Å²) in [5.74, 6) is -7.43. The number of halogens is 9. The van der Waals surface area contributed by atoms with Gasteiger partial charge in [0.1, 0.15) is 29.3 Å². The Morgan fingerprint density at radius 1 is 0.491 bits per heavy atom. The van der Waals surface area contributed by atoms with Gasteiger partial charge in [0.2, 0.25) is 5.82 Å². The van der Waals surface area contributed by atoms with Crippen molar-refractivity contribution in [3.63, 3.8) is 0 Å². The van der Waals surface area contributed by atoms with Gasteiger partial charge in [0.15, 0.2) is 23.3 Å². The van der Waals surface area contributed by atoms with Crippen LogP contribution in [-0.4, -0.2) is 24.8 Å². The van der Waals surface area contributed by atoms with Crippen molar-refractivity contribution >= 4 is 23.5 Å². The quantitative estimate of drug-likeness (QED) is 0.0550. The molecule has 9 rings (SSSR count). The van der Waals surface area contributed by atoms with E-state index in [2.05, 4.69) is 103 Å². The van der Waals surface area contributed by atoms with Crippen LogP contribution >= 0.6 is 0 Å². The van der Waals surface area contributed by atoms with Crippen LogP contribution < -0.4 is 0 Å². The van der Waals surface area contributed by atoms with Crippen LogP contribution in [0.2, 0.25) is 0 Å². The first kappa shape index (κ1) is 93.7. The molecule has 0 amide bonds. The van der Waals surface area contributed by atoms with Gasteiger partial charge in [0, 0.05) is 65.1 Å². The van der Waals surface area contributed by atoms with Gasteiger partial charge in [-0.25, -0.2) is 35.1 Å². The van der Waals surface area contributed by atoms with Crippen molar-refractivity contribution < 1.29 is 49.4 Å². The molecule has 3 aromatic heterocycles. The zero-order valence-corrected chi connectivity index (χ0v) is 64.8. The molecule has 3 heterocycles. The molecule has 1 aliphatic carbocycles. The summed E-state index contributed by atoms with van der Waals surface area (Å²) in [5.41, 5.74) is 7.04. The fourth-order valence-electron chi connectivity index (χ4n) is 9.61. The molecule has 0 spiro atoms. The summed E-state index contributed by atoms with van der Waals surface area (Å²) in [6.07, 6.45) is 10.6. The Bertz CT molecular complexity index is 4300. The van der Waals surface area contributed by atoms with E-state index in [1.807, 2.05) is 77.9 Å². The highest BCUT2D eigenvalue weighted by molar-refractivity contribution is 5.49. The molecule has 0 unspecified atom stereocenters. The van der Waals surface area contributed by atoms with E-state index in [0.29, 0.717) is 33.4 Å². The van der Waals surface area contributed by atoms with Crippen LogP contribution in [0.5, 0.6) is 0 Å². The molecule has 0 radical (unpaired) electrons. The summed E-state index contributed by atoms with van der Waals surface area (Å²) in [7, 11) is 0. The maximum Gasteiger partial charge on any atom is 0.305 e. The molecular formula is C85H101F9N8O4. The van der Waals surface area contributed by atoms with Gasteiger partial charge >= 0.3 is 5.69 Å². The molecule has 0 N–H and O–H groups in total. The lowest BCUT2D eigenvalue weighted by molar-refractivity contribution is -0.387. The fourth-order valence-corrected chi connectivity index (χ4v) is 9.61. The number of nitro benzene ring substituents is 2. The zero-order chi connectivity index (χ0) is 81.5. The zero-order valence-electron chi connectivity index (χ0n) is 64.8. The van der Waals surface area contributed by atoms with Crippen LogP contribution in [0.3, 0.4) is 0 Å². The van der Waals surface area contributed by atoms with Crippen LogP contribution in [0.25, 0.3) is 12.2 Å². The summed E-state index contributed by atoms with van der Waals surface area (Å²) < 4.78 is 117. The van der Waals surface area contributed by atoms with E-state index in [1.165, 1.54) is 74.1 Å². The van der Waals surface area contributed by atoms with Crippen molar-refractivity contribution in [1.29, 1.82) is 15.8 Å². The molecule has 1 fully saturated rings. The summed E-state index contributed by atoms with van der Waals surface area (Å²) in [6.45, 7) is 48.4. The monoisotopic (exact) mass is 1470 g/mol. The van der Waals surface area contributed by atoms with Gasteiger partial charge in [0.05, 0.1) is 49.9 Å². The fraction of sp³-hybridized carbons (Fsp3) is 0.388. The lowest BCUT2D eigenvalue weighted by atomic mass is 9.79. The summed E-state index contributed by atoms with van der Waals surface area (Å²) >= 11 is 0. The van der Waals surface area contributed by atoms with Gasteiger partial charge in [-0.15, -0.1) is 0 Å². The van der Waals surface area contributed by atoms with E-state index in [0.717, 1.165) is 36.0 Å². The minimum Gasteiger partial charge on any atom is -0.264 e. The number of pyridine rings is 3. The molecule has 568 valence electrons. The van der Waals surface area contributed by atoms with Gasteiger partial charge in [-0.1, -0.05) is 195 Å². The van der Waals surface area contributed by atoms with Crippen molar-refractivity contribution in [1.82, 2.24) is 15.0 Å². The smallest absolute Gasteiger partial charge is 0.264 e. The third-order valence-corrected chi connectivity index (χ3v) is 16.3. The molecule has 5 aromatic carbocycles. The second-order valence-corrected chi connectivity index (χ2v) is 29.5. The minimum absolute atomic E-state index is 0.0347. The first-order chi connectivity index (χ1) is 49.1. The number of hydrogen-bond acceptors (Lipinski definition) is 10. The van der Waals surface area contributed by atoms with E-state index in [1.54, 1.807) is 76.5 Å². The average molecular weight is 1470 g/mol. The largest absolute Gasteiger partial charge is 0.305 e. The maximum atomic E-state index is 13.3. The van der Waals surface area contributed by atoms with Gasteiger partial charge < -0.3 is 0 Å². The molecule has 0 saturated heterocycles. The predicted molar refractivity (Wildman–Crippen MR) is 406 cm³/mol. The molecule has 106 heavy (non-hydrogen) atoms. The van der Waals surface area contributed by atoms with E-state index in [4.69, 9.17) is 15.8 Å². The Hall–Kier alpha value is -10.3. The van der Waals surface area contributed by atoms with Gasteiger partial charge in [-0.05, 0) is 154 Å². The SMILES string of the molecule is C=Cc1cccc(C(C)(C)C)n1.C=Cc1ncccc1C(C)(C)C.CC(C)(C)C1(C#N)CC1.CC(C)c1c(F)c(F)cc(F)c1F.CC(C)c1cc(C#N)ccc1F.CC(C)c1cc([N+](=O)[O-])ccc1F.CC(C)c1cccc(C#N)c1F.CC(C)c1cccc([N+](=O)[O-])c1F.CC(C)c1cnccc1F. The molecular weight excluding hydrogens is 1370 g/mol. The number of nitriles is 3. The van der Waals surface area contributed by atoms with Crippen LogP contribution in [-0.2, 0) is 10.8 Å². The molecule has 8 aromatic rings. The number of non-ortho nitro benzene ring substituents is 1. The highest BCUT2D eigenvalue weighted by Gasteiger charge is 2.52. The van der Waals surface area contributed by atoms with Crippen LogP contribution in [0.4, 0.5) is 50.9 Å². The van der Waals surface area contributed by atoms with Gasteiger partial charge in [-0.2, -0.15) is 20.2 Å². The Labute approximate surface area is 621 Å². The predicted octanol–water partition coefficient (Wildman–Crippen LogP) is 25.4. The summed E-state index contributed by atoms with van der Waals surface area (Å²) in [6, 6.07) is 35.0. The van der Waals surface area contributed by atoms with Crippen LogP contribution in [0.1, 0.15) is 261 Å². The first-order valence-electron chi connectivity index (χ1n) is 34.4. The third kappa shape index (κ3) is 29.7. The van der Waals surface area contributed by atoms with E-state index in [-0.39, 0.29) is 91.8 Å². The number of aromatic nitrogens is 3. The first-order valence-corrected chi connectivity index (χ1v) is 34.4. The summed E-state index contributed by atoms with van der Waals surface area (Å²) in [5, 5.41) is 46.6. The van der Waals surface area contributed by atoms with Gasteiger partial charge in [0.25, 0.3) is 5.69 Å². The number of hydrogen-bond donors (Lipinski definition) is 0. The van der Waals surface area contributed by atoms with E-state index < -0.39 is 56.1 Å². The van der Waals surface area contributed by atoms with E-state index in [9.17, 15) is 59.7 Å². The topological polar surface area (TPSA) is 196 Å². The van der Waals surface area contributed by atoms with Gasteiger partial charge in [-0.3, -0.25) is 35.2 Å². The molecule has 0 bridgehead atoms. The number of nitro groups is 2. The maximum absolute atomic E-state index is 13.3. The lowest BCUT2D eigenvalue weighted by Gasteiger charge is -2.23. The molecule has 0 aliphatic heterocycles. The Morgan fingerprint density at radius 3 is 1.37 bits per heavy atom. The van der Waals surface area contributed by atoms with Crippen molar-refractivity contribution in [3.8, 4) is 18.2 Å². The highest BCUT2D eigenvalue weighted by Crippen LogP contribution is 2.57. The highest BCUT2D eigenvalue weighted by atomic mass is 19.2. The lowest BCUT2D eigenvalue weighted by Crippen LogP contribution is -2.19. The van der Waals surface area contributed by atoms with Crippen molar-refractivity contribution in [3.05, 3.63) is 287 Å². The van der Waals surface area contributed by atoms with Crippen molar-refractivity contribution in [2.45, 2.75) is 205 Å². The molecule has 0 atom stereocenters. The molecule has 12 nitrogen and oxygen atoms in total. The standard InChI is InChI=1S/2C11H15N.2C10H10FN.C9H8F4.2C9H10FNO2.C8H10FN.C8H13N/c1-5-10-9(11(2,3)4)7-6-8-12-10;1-5-9-7-6-8-10(12-9)11(2,3)4;1-7(2)9-5-8(6-12)3-4-10(9)11;1-7(2)9-5-3-4-8(6-12)10(9)11;1-4(2)7-8(12)5(10)3-6(11)9(7)13;1-6(2)8-5-7(11(12)13)3-4-9(8)10;1-6(2)7-4-3-5-8(9(7)10)11(12)13;1-6(2)7-5-10-4-3-8(7)9;1-7(2,3)8(6-9)4-5-8/h2*5-8H,1H2,2-4H3;2*3-5,7H,1-2H3;3-4H,1-2H3;2*3-6H,1-2H3;3-6H,1-2H3;4-5H2,1-3H3. The minimum atomic E-state index is -1.36.